The lowest BCUT2D eigenvalue weighted by atomic mass is 9.62. The minimum Gasteiger partial charge on any atom is -0.483 e. The predicted octanol–water partition coefficient (Wildman–Crippen LogP) is 3.57. The highest BCUT2D eigenvalue weighted by Gasteiger charge is 2.57. The first kappa shape index (κ1) is 14.7. The monoisotopic (exact) mass is 359 g/mol. The number of rotatable bonds is 3. The van der Waals surface area contributed by atoms with Crippen LogP contribution in [0.2, 0.25) is 0 Å². The standard InChI is InChI=1S/C14H15BrFNO4/c15-8-5-10(17(19)20)11(6-9(8)16)21-13-7-12(18)14(13)3-1-2-4-14/h5-6,12-13,18H,1-4,7H2. The van der Waals surface area contributed by atoms with Crippen molar-refractivity contribution in [1.29, 1.82) is 0 Å². The molecule has 2 fully saturated rings. The minimum atomic E-state index is -0.601. The van der Waals surface area contributed by atoms with Crippen LogP contribution in [0.1, 0.15) is 32.1 Å². The van der Waals surface area contributed by atoms with Crippen LogP contribution in [0.3, 0.4) is 0 Å². The number of hydrogen-bond donors (Lipinski definition) is 1. The van der Waals surface area contributed by atoms with Gasteiger partial charge in [-0.25, -0.2) is 4.39 Å². The molecule has 0 aromatic heterocycles. The molecular weight excluding hydrogens is 345 g/mol. The lowest BCUT2D eigenvalue weighted by Crippen LogP contribution is -2.58. The van der Waals surface area contributed by atoms with Crippen LogP contribution in [0.15, 0.2) is 16.6 Å². The molecule has 2 unspecified atom stereocenters. The van der Waals surface area contributed by atoms with E-state index in [1.807, 2.05) is 0 Å². The third-order valence-corrected chi connectivity index (χ3v) is 5.35. The molecule has 1 N–H and O–H groups in total. The highest BCUT2D eigenvalue weighted by Crippen LogP contribution is 2.55. The number of ether oxygens (including phenoxy) is 1. The molecule has 2 aliphatic rings. The molecule has 2 atom stereocenters. The summed E-state index contributed by atoms with van der Waals surface area (Å²) in [6.07, 6.45) is 3.48. The maximum Gasteiger partial charge on any atom is 0.312 e. The fourth-order valence-electron chi connectivity index (χ4n) is 3.49. The van der Waals surface area contributed by atoms with Gasteiger partial charge in [0.05, 0.1) is 15.5 Å². The first-order valence-corrected chi connectivity index (χ1v) is 7.71. The van der Waals surface area contributed by atoms with Crippen LogP contribution in [-0.2, 0) is 0 Å². The summed E-state index contributed by atoms with van der Waals surface area (Å²) >= 11 is 2.94. The molecule has 21 heavy (non-hydrogen) atoms. The first-order chi connectivity index (χ1) is 9.94. The Balaban J connectivity index is 1.88. The van der Waals surface area contributed by atoms with E-state index in [1.165, 1.54) is 0 Å². The zero-order chi connectivity index (χ0) is 15.2. The summed E-state index contributed by atoms with van der Waals surface area (Å²) in [5.74, 6) is -0.667. The van der Waals surface area contributed by atoms with Gasteiger partial charge in [0, 0.05) is 24.0 Å². The van der Waals surface area contributed by atoms with Crippen LogP contribution in [0.25, 0.3) is 0 Å². The van der Waals surface area contributed by atoms with Crippen LogP contribution in [-0.4, -0.2) is 22.2 Å². The molecule has 3 rings (SSSR count). The summed E-state index contributed by atoms with van der Waals surface area (Å²) in [6, 6.07) is 2.15. The number of nitro benzene ring substituents is 1. The van der Waals surface area contributed by atoms with Crippen molar-refractivity contribution in [1.82, 2.24) is 0 Å². The third-order valence-electron chi connectivity index (χ3n) is 4.74. The Kier molecular flexibility index (Phi) is 3.65. The van der Waals surface area contributed by atoms with E-state index in [2.05, 4.69) is 15.9 Å². The van der Waals surface area contributed by atoms with Gasteiger partial charge in [0.1, 0.15) is 11.9 Å². The van der Waals surface area contributed by atoms with Crippen molar-refractivity contribution in [3.63, 3.8) is 0 Å². The van der Waals surface area contributed by atoms with Gasteiger partial charge in [0.2, 0.25) is 0 Å². The van der Waals surface area contributed by atoms with Crippen molar-refractivity contribution >= 4 is 21.6 Å². The zero-order valence-electron chi connectivity index (χ0n) is 11.2. The Morgan fingerprint density at radius 1 is 1.43 bits per heavy atom. The highest BCUT2D eigenvalue weighted by molar-refractivity contribution is 9.10. The quantitative estimate of drug-likeness (QED) is 0.661. The van der Waals surface area contributed by atoms with Crippen molar-refractivity contribution in [3.05, 3.63) is 32.5 Å². The summed E-state index contributed by atoms with van der Waals surface area (Å²) in [5.41, 5.74) is -0.574. The van der Waals surface area contributed by atoms with E-state index in [4.69, 9.17) is 4.74 Å². The predicted molar refractivity (Wildman–Crippen MR) is 76.7 cm³/mol. The van der Waals surface area contributed by atoms with E-state index in [0.29, 0.717) is 6.42 Å². The number of aliphatic hydroxyl groups excluding tert-OH is 1. The van der Waals surface area contributed by atoms with Gasteiger partial charge < -0.3 is 9.84 Å². The summed E-state index contributed by atoms with van der Waals surface area (Å²) in [4.78, 5) is 10.5. The number of halogens is 2. The summed E-state index contributed by atoms with van der Waals surface area (Å²) < 4.78 is 19.4. The molecule has 0 saturated heterocycles. The SMILES string of the molecule is O=[N+]([O-])c1cc(Br)c(F)cc1OC1CC(O)C12CCCC2. The van der Waals surface area contributed by atoms with E-state index < -0.39 is 16.8 Å². The molecule has 5 nitrogen and oxygen atoms in total. The smallest absolute Gasteiger partial charge is 0.312 e. The second kappa shape index (κ2) is 5.21. The molecule has 1 aromatic rings. The van der Waals surface area contributed by atoms with Crippen molar-refractivity contribution < 1.29 is 19.2 Å². The van der Waals surface area contributed by atoms with E-state index in [-0.39, 0.29) is 27.4 Å². The Bertz CT molecular complexity index is 589. The van der Waals surface area contributed by atoms with Crippen molar-refractivity contribution in [3.8, 4) is 5.75 Å². The number of nitro groups is 1. The van der Waals surface area contributed by atoms with Gasteiger partial charge in [0.25, 0.3) is 0 Å². The molecule has 7 heteroatoms. The van der Waals surface area contributed by atoms with Gasteiger partial charge in [0.15, 0.2) is 5.75 Å². The van der Waals surface area contributed by atoms with Crippen LogP contribution in [0, 0.1) is 21.3 Å². The number of aliphatic hydroxyl groups is 1. The van der Waals surface area contributed by atoms with E-state index in [9.17, 15) is 19.6 Å². The Morgan fingerprint density at radius 2 is 2.10 bits per heavy atom. The molecule has 0 bridgehead atoms. The van der Waals surface area contributed by atoms with E-state index >= 15 is 0 Å². The fraction of sp³-hybridized carbons (Fsp3) is 0.571. The van der Waals surface area contributed by atoms with Crippen LogP contribution >= 0.6 is 15.9 Å². The molecule has 0 heterocycles. The topological polar surface area (TPSA) is 72.6 Å². The van der Waals surface area contributed by atoms with Crippen molar-refractivity contribution in [2.75, 3.05) is 0 Å². The van der Waals surface area contributed by atoms with E-state index in [0.717, 1.165) is 37.8 Å². The van der Waals surface area contributed by atoms with Crippen molar-refractivity contribution in [2.45, 2.75) is 44.3 Å². The van der Waals surface area contributed by atoms with Crippen LogP contribution < -0.4 is 4.74 Å². The van der Waals surface area contributed by atoms with Gasteiger partial charge in [-0.05, 0) is 28.8 Å². The molecule has 114 valence electrons. The molecule has 2 aliphatic carbocycles. The van der Waals surface area contributed by atoms with Crippen LogP contribution in [0.5, 0.6) is 5.75 Å². The molecule has 0 amide bonds. The number of benzene rings is 1. The molecule has 0 aliphatic heterocycles. The lowest BCUT2D eigenvalue weighted by Gasteiger charge is -2.50. The lowest BCUT2D eigenvalue weighted by molar-refractivity contribution is -0.386. The average Bonchev–Trinajstić information content (AvgIpc) is 2.94. The summed E-state index contributed by atoms with van der Waals surface area (Å²) in [7, 11) is 0. The second-order valence-electron chi connectivity index (χ2n) is 5.79. The summed E-state index contributed by atoms with van der Waals surface area (Å²) in [5, 5.41) is 21.1. The van der Waals surface area contributed by atoms with Gasteiger partial charge in [-0.3, -0.25) is 10.1 Å². The zero-order valence-corrected chi connectivity index (χ0v) is 12.8. The average molecular weight is 360 g/mol. The first-order valence-electron chi connectivity index (χ1n) is 6.92. The molecular formula is C14H15BrFNO4. The minimum absolute atomic E-state index is 0.0331. The highest BCUT2D eigenvalue weighted by atomic mass is 79.9. The van der Waals surface area contributed by atoms with Gasteiger partial charge in [-0.1, -0.05) is 12.8 Å². The normalized spacial score (nSPS) is 26.6. The van der Waals surface area contributed by atoms with Crippen LogP contribution in [0.4, 0.5) is 10.1 Å². The molecule has 0 radical (unpaired) electrons. The van der Waals surface area contributed by atoms with Gasteiger partial charge in [-0.2, -0.15) is 0 Å². The van der Waals surface area contributed by atoms with Gasteiger partial charge in [-0.15, -0.1) is 0 Å². The molecule has 1 spiro atoms. The fourth-order valence-corrected chi connectivity index (χ4v) is 3.82. The maximum atomic E-state index is 13.6. The maximum absolute atomic E-state index is 13.6. The third kappa shape index (κ3) is 2.32. The molecule has 2 saturated carbocycles. The number of hydrogen-bond acceptors (Lipinski definition) is 4. The Labute approximate surface area is 129 Å². The Hall–Kier alpha value is -1.21. The Morgan fingerprint density at radius 3 is 2.67 bits per heavy atom. The number of nitrogens with zero attached hydrogens (tertiary/aromatic N) is 1. The van der Waals surface area contributed by atoms with Gasteiger partial charge >= 0.3 is 5.69 Å². The van der Waals surface area contributed by atoms with E-state index in [1.54, 1.807) is 0 Å². The largest absolute Gasteiger partial charge is 0.483 e. The molecule has 1 aromatic carbocycles. The van der Waals surface area contributed by atoms with Crippen molar-refractivity contribution in [2.24, 2.45) is 5.41 Å². The second-order valence-corrected chi connectivity index (χ2v) is 6.64. The summed E-state index contributed by atoms with van der Waals surface area (Å²) in [6.45, 7) is 0.